The zero-order valence-corrected chi connectivity index (χ0v) is 12.8. The first kappa shape index (κ1) is 16.4. The minimum Gasteiger partial charge on any atom is -0.475 e. The van der Waals surface area contributed by atoms with Gasteiger partial charge >= 0.3 is 0 Å². The van der Waals surface area contributed by atoms with Crippen LogP contribution in [0.25, 0.3) is 0 Å². The van der Waals surface area contributed by atoms with Crippen LogP contribution in [0.3, 0.4) is 0 Å². The van der Waals surface area contributed by atoms with E-state index in [9.17, 15) is 4.79 Å². The molecule has 0 spiro atoms. The second-order valence-corrected chi connectivity index (χ2v) is 5.44. The SMILES string of the molecule is CC(C)CNC(=O)CNCc1cccnc1OC(C)C. The molecule has 0 aliphatic heterocycles. The first-order chi connectivity index (χ1) is 9.49. The van der Waals surface area contributed by atoms with Gasteiger partial charge in [0.1, 0.15) is 0 Å². The van der Waals surface area contributed by atoms with Crippen molar-refractivity contribution in [2.45, 2.75) is 40.3 Å². The van der Waals surface area contributed by atoms with E-state index in [-0.39, 0.29) is 12.0 Å². The van der Waals surface area contributed by atoms with Crippen LogP contribution in [0.4, 0.5) is 0 Å². The Morgan fingerprint density at radius 1 is 1.35 bits per heavy atom. The number of nitrogens with one attached hydrogen (secondary N) is 2. The summed E-state index contributed by atoms with van der Waals surface area (Å²) in [6, 6.07) is 3.81. The van der Waals surface area contributed by atoms with E-state index in [2.05, 4.69) is 29.5 Å². The smallest absolute Gasteiger partial charge is 0.233 e. The molecule has 1 amide bonds. The monoisotopic (exact) mass is 279 g/mol. The van der Waals surface area contributed by atoms with Crippen LogP contribution >= 0.6 is 0 Å². The van der Waals surface area contributed by atoms with Crippen LogP contribution in [0, 0.1) is 5.92 Å². The van der Waals surface area contributed by atoms with Gasteiger partial charge < -0.3 is 15.4 Å². The summed E-state index contributed by atoms with van der Waals surface area (Å²) in [5, 5.41) is 5.97. The first-order valence-corrected chi connectivity index (χ1v) is 7.07. The number of amides is 1. The molecule has 0 bridgehead atoms. The molecule has 2 N–H and O–H groups in total. The van der Waals surface area contributed by atoms with E-state index in [1.807, 2.05) is 26.0 Å². The third kappa shape index (κ3) is 6.52. The van der Waals surface area contributed by atoms with Gasteiger partial charge in [-0.3, -0.25) is 4.79 Å². The highest BCUT2D eigenvalue weighted by Gasteiger charge is 2.07. The van der Waals surface area contributed by atoms with Crippen LogP contribution < -0.4 is 15.4 Å². The van der Waals surface area contributed by atoms with E-state index < -0.39 is 0 Å². The van der Waals surface area contributed by atoms with Crippen molar-refractivity contribution in [2.24, 2.45) is 5.92 Å². The molecule has 1 aromatic rings. The average Bonchev–Trinajstić information content (AvgIpc) is 2.38. The highest BCUT2D eigenvalue weighted by atomic mass is 16.5. The Hall–Kier alpha value is -1.62. The molecule has 0 saturated heterocycles. The van der Waals surface area contributed by atoms with Crippen molar-refractivity contribution in [1.82, 2.24) is 15.6 Å². The van der Waals surface area contributed by atoms with Gasteiger partial charge in [0, 0.05) is 24.8 Å². The lowest BCUT2D eigenvalue weighted by atomic mass is 10.2. The number of aromatic nitrogens is 1. The van der Waals surface area contributed by atoms with Crippen molar-refractivity contribution in [1.29, 1.82) is 0 Å². The van der Waals surface area contributed by atoms with Crippen molar-refractivity contribution in [3.8, 4) is 5.88 Å². The summed E-state index contributed by atoms with van der Waals surface area (Å²) in [5.74, 6) is 1.09. The molecule has 0 fully saturated rings. The number of carbonyl (C=O) groups excluding carboxylic acids is 1. The summed E-state index contributed by atoms with van der Waals surface area (Å²) in [7, 11) is 0. The molecule has 0 saturated carbocycles. The largest absolute Gasteiger partial charge is 0.475 e. The zero-order valence-electron chi connectivity index (χ0n) is 12.8. The summed E-state index contributed by atoms with van der Waals surface area (Å²) in [6.07, 6.45) is 1.79. The van der Waals surface area contributed by atoms with E-state index in [0.717, 1.165) is 5.56 Å². The average molecular weight is 279 g/mol. The van der Waals surface area contributed by atoms with Crippen LogP contribution in [0.5, 0.6) is 5.88 Å². The molecule has 5 heteroatoms. The van der Waals surface area contributed by atoms with Gasteiger partial charge in [-0.05, 0) is 25.8 Å². The summed E-state index contributed by atoms with van der Waals surface area (Å²) >= 11 is 0. The Morgan fingerprint density at radius 3 is 2.75 bits per heavy atom. The lowest BCUT2D eigenvalue weighted by Gasteiger charge is -2.13. The maximum absolute atomic E-state index is 11.6. The van der Waals surface area contributed by atoms with Crippen LogP contribution in [0.1, 0.15) is 33.3 Å². The van der Waals surface area contributed by atoms with E-state index in [4.69, 9.17) is 4.74 Å². The number of hydrogen-bond acceptors (Lipinski definition) is 4. The predicted molar refractivity (Wildman–Crippen MR) is 79.6 cm³/mol. The number of rotatable bonds is 8. The normalized spacial score (nSPS) is 10.9. The predicted octanol–water partition coefficient (Wildman–Crippen LogP) is 1.73. The van der Waals surface area contributed by atoms with Crippen molar-refractivity contribution < 1.29 is 9.53 Å². The lowest BCUT2D eigenvalue weighted by Crippen LogP contribution is -2.35. The Labute approximate surface area is 121 Å². The number of ether oxygens (including phenoxy) is 1. The van der Waals surface area contributed by atoms with Crippen LogP contribution in [0.2, 0.25) is 0 Å². The molecule has 0 atom stereocenters. The van der Waals surface area contributed by atoms with Gasteiger partial charge in [0.05, 0.1) is 12.6 Å². The van der Waals surface area contributed by atoms with Crippen molar-refractivity contribution >= 4 is 5.91 Å². The highest BCUT2D eigenvalue weighted by Crippen LogP contribution is 2.15. The maximum atomic E-state index is 11.6. The quantitative estimate of drug-likeness (QED) is 0.760. The fraction of sp³-hybridized carbons (Fsp3) is 0.600. The second-order valence-electron chi connectivity index (χ2n) is 5.44. The van der Waals surface area contributed by atoms with Gasteiger partial charge in [-0.25, -0.2) is 4.98 Å². The van der Waals surface area contributed by atoms with Gasteiger partial charge in [0.2, 0.25) is 11.8 Å². The van der Waals surface area contributed by atoms with Gasteiger partial charge in [-0.2, -0.15) is 0 Å². The van der Waals surface area contributed by atoms with Crippen molar-refractivity contribution in [3.63, 3.8) is 0 Å². The molecule has 0 radical (unpaired) electrons. The van der Waals surface area contributed by atoms with Gasteiger partial charge in [0.25, 0.3) is 0 Å². The Kier molecular flexibility index (Phi) is 7.01. The highest BCUT2D eigenvalue weighted by molar-refractivity contribution is 5.77. The summed E-state index contributed by atoms with van der Waals surface area (Å²) in [4.78, 5) is 15.8. The fourth-order valence-corrected chi connectivity index (χ4v) is 1.58. The van der Waals surface area contributed by atoms with E-state index in [1.54, 1.807) is 6.20 Å². The van der Waals surface area contributed by atoms with Gasteiger partial charge in [0.15, 0.2) is 0 Å². The minimum absolute atomic E-state index is 0.00826. The molecular weight excluding hydrogens is 254 g/mol. The van der Waals surface area contributed by atoms with Gasteiger partial charge in [-0.1, -0.05) is 19.9 Å². The third-order valence-corrected chi connectivity index (χ3v) is 2.51. The van der Waals surface area contributed by atoms with Crippen LogP contribution in [-0.4, -0.2) is 30.1 Å². The fourth-order valence-electron chi connectivity index (χ4n) is 1.58. The number of pyridine rings is 1. The third-order valence-electron chi connectivity index (χ3n) is 2.51. The second kappa shape index (κ2) is 8.53. The van der Waals surface area contributed by atoms with E-state index in [0.29, 0.717) is 31.4 Å². The number of carbonyl (C=O) groups is 1. The van der Waals surface area contributed by atoms with Crippen LogP contribution in [0.15, 0.2) is 18.3 Å². The van der Waals surface area contributed by atoms with Gasteiger partial charge in [-0.15, -0.1) is 0 Å². The molecular formula is C15H25N3O2. The molecule has 5 nitrogen and oxygen atoms in total. The molecule has 112 valence electrons. The molecule has 0 aliphatic rings. The topological polar surface area (TPSA) is 63.2 Å². The van der Waals surface area contributed by atoms with Crippen molar-refractivity contribution in [3.05, 3.63) is 23.9 Å². The summed E-state index contributed by atoms with van der Waals surface area (Å²) in [6.45, 7) is 9.62. The van der Waals surface area contributed by atoms with Crippen molar-refractivity contribution in [2.75, 3.05) is 13.1 Å². The Morgan fingerprint density at radius 2 is 2.10 bits per heavy atom. The summed E-state index contributed by atoms with van der Waals surface area (Å²) in [5.41, 5.74) is 0.956. The Balaban J connectivity index is 2.40. The number of hydrogen-bond donors (Lipinski definition) is 2. The first-order valence-electron chi connectivity index (χ1n) is 7.07. The minimum atomic E-state index is 0.00826. The maximum Gasteiger partial charge on any atom is 0.233 e. The zero-order chi connectivity index (χ0) is 15.0. The van der Waals surface area contributed by atoms with E-state index >= 15 is 0 Å². The lowest BCUT2D eigenvalue weighted by molar-refractivity contribution is -0.120. The molecule has 1 heterocycles. The molecule has 20 heavy (non-hydrogen) atoms. The number of nitrogens with zero attached hydrogens (tertiary/aromatic N) is 1. The molecule has 1 rings (SSSR count). The standard InChI is InChI=1S/C15H25N3O2/c1-11(2)8-18-14(19)10-16-9-13-6-5-7-17-15(13)20-12(3)4/h5-7,11-12,16H,8-10H2,1-4H3,(H,18,19). The Bertz CT molecular complexity index is 419. The molecule has 0 aliphatic carbocycles. The molecule has 0 aromatic carbocycles. The van der Waals surface area contributed by atoms with E-state index in [1.165, 1.54) is 0 Å². The summed E-state index contributed by atoms with van der Waals surface area (Å²) < 4.78 is 5.63. The van der Waals surface area contributed by atoms with Crippen LogP contribution in [-0.2, 0) is 11.3 Å². The molecule has 1 aromatic heterocycles. The molecule has 0 unspecified atom stereocenters.